The van der Waals surface area contributed by atoms with Crippen LogP contribution in [0.2, 0.25) is 0 Å². The van der Waals surface area contributed by atoms with Gasteiger partial charge in [-0.3, -0.25) is 9.59 Å². The summed E-state index contributed by atoms with van der Waals surface area (Å²) in [5.41, 5.74) is 0.257. The molecule has 7 heteroatoms. The number of carbonyl (C=O) groups is 1. The third-order valence-electron chi connectivity index (χ3n) is 1.62. The molecule has 0 atom stereocenters. The van der Waals surface area contributed by atoms with Crippen molar-refractivity contribution in [1.29, 1.82) is 0 Å². The summed E-state index contributed by atoms with van der Waals surface area (Å²) < 4.78 is 9.34. The van der Waals surface area contributed by atoms with Gasteiger partial charge in [0.2, 0.25) is 0 Å². The van der Waals surface area contributed by atoms with Crippen LogP contribution in [0.3, 0.4) is 0 Å². The second-order valence-electron chi connectivity index (χ2n) is 2.84. The number of thioether (sulfide) groups is 1. The van der Waals surface area contributed by atoms with Crippen molar-refractivity contribution >= 4 is 17.7 Å². The molecule has 0 aliphatic heterocycles. The van der Waals surface area contributed by atoms with Crippen LogP contribution in [0.4, 0.5) is 0 Å². The van der Waals surface area contributed by atoms with Gasteiger partial charge in [0.15, 0.2) is 5.16 Å². The Kier molecular flexibility index (Phi) is 5.00. The second-order valence-corrected chi connectivity index (χ2v) is 3.80. The summed E-state index contributed by atoms with van der Waals surface area (Å²) in [6.07, 6.45) is 0. The van der Waals surface area contributed by atoms with E-state index in [1.807, 2.05) is 0 Å². The lowest BCUT2D eigenvalue weighted by Gasteiger charge is -2.02. The third kappa shape index (κ3) is 4.03. The fourth-order valence-electron chi connectivity index (χ4n) is 0.960. The number of H-pyrrole nitrogens is 1. The molecule has 1 heterocycles. The monoisotopic (exact) mass is 244 g/mol. The van der Waals surface area contributed by atoms with E-state index in [9.17, 15) is 9.59 Å². The van der Waals surface area contributed by atoms with Crippen molar-refractivity contribution in [3.8, 4) is 0 Å². The summed E-state index contributed by atoms with van der Waals surface area (Å²) in [4.78, 5) is 28.7. The SMILES string of the molecule is COCc1cc(=O)[nH]c(SCC(=O)OC)n1. The molecule has 0 spiro atoms. The van der Waals surface area contributed by atoms with Gasteiger partial charge in [-0.25, -0.2) is 4.98 Å². The molecular weight excluding hydrogens is 232 g/mol. The first-order valence-corrected chi connectivity index (χ1v) is 5.43. The van der Waals surface area contributed by atoms with E-state index in [-0.39, 0.29) is 23.9 Å². The molecule has 88 valence electrons. The van der Waals surface area contributed by atoms with E-state index in [1.54, 1.807) is 0 Å². The summed E-state index contributed by atoms with van der Waals surface area (Å²) in [5, 5.41) is 0.380. The Hall–Kier alpha value is -1.34. The zero-order valence-corrected chi connectivity index (χ0v) is 9.80. The zero-order valence-electron chi connectivity index (χ0n) is 8.98. The standard InChI is InChI=1S/C9H12N2O4S/c1-14-4-6-3-7(12)11-9(10-6)16-5-8(13)15-2/h3H,4-5H2,1-2H3,(H,10,11,12). The number of aromatic amines is 1. The molecule has 1 aromatic rings. The predicted octanol–water partition coefficient (Wildman–Crippen LogP) is 0.181. The molecule has 0 radical (unpaired) electrons. The van der Waals surface area contributed by atoms with E-state index in [0.717, 1.165) is 11.8 Å². The van der Waals surface area contributed by atoms with Crippen LogP contribution in [0, 0.1) is 0 Å². The average molecular weight is 244 g/mol. The molecule has 0 aliphatic carbocycles. The van der Waals surface area contributed by atoms with E-state index >= 15 is 0 Å². The highest BCUT2D eigenvalue weighted by atomic mass is 32.2. The Bertz CT molecular complexity index is 418. The molecule has 0 aromatic carbocycles. The first kappa shape index (κ1) is 12.7. The van der Waals surface area contributed by atoms with Crippen LogP contribution in [0.5, 0.6) is 0 Å². The van der Waals surface area contributed by atoms with Gasteiger partial charge in [0.05, 0.1) is 25.2 Å². The minimum atomic E-state index is -0.371. The molecule has 0 amide bonds. The van der Waals surface area contributed by atoms with Gasteiger partial charge in [-0.05, 0) is 0 Å². The molecule has 0 saturated carbocycles. The first-order valence-electron chi connectivity index (χ1n) is 4.44. The highest BCUT2D eigenvalue weighted by Crippen LogP contribution is 2.11. The van der Waals surface area contributed by atoms with E-state index in [1.165, 1.54) is 20.3 Å². The van der Waals surface area contributed by atoms with Crippen LogP contribution in [-0.2, 0) is 20.9 Å². The largest absolute Gasteiger partial charge is 0.468 e. The van der Waals surface area contributed by atoms with E-state index in [2.05, 4.69) is 14.7 Å². The third-order valence-corrected chi connectivity index (χ3v) is 2.47. The number of aromatic nitrogens is 2. The van der Waals surface area contributed by atoms with Crippen LogP contribution < -0.4 is 5.56 Å². The van der Waals surface area contributed by atoms with Crippen LogP contribution >= 0.6 is 11.8 Å². The number of ether oxygens (including phenoxy) is 2. The Morgan fingerprint density at radius 3 is 2.94 bits per heavy atom. The van der Waals surface area contributed by atoms with Crippen molar-refractivity contribution in [2.45, 2.75) is 11.8 Å². The lowest BCUT2D eigenvalue weighted by atomic mass is 10.4. The van der Waals surface area contributed by atoms with Gasteiger partial charge in [0.25, 0.3) is 5.56 Å². The first-order chi connectivity index (χ1) is 7.65. The van der Waals surface area contributed by atoms with Crippen molar-refractivity contribution in [2.24, 2.45) is 0 Å². The van der Waals surface area contributed by atoms with E-state index in [4.69, 9.17) is 4.74 Å². The van der Waals surface area contributed by atoms with Gasteiger partial charge in [0, 0.05) is 13.2 Å². The Labute approximate surface area is 96.4 Å². The smallest absolute Gasteiger partial charge is 0.316 e. The van der Waals surface area contributed by atoms with Gasteiger partial charge in [-0.2, -0.15) is 0 Å². The van der Waals surface area contributed by atoms with Crippen LogP contribution in [-0.4, -0.2) is 35.9 Å². The Morgan fingerprint density at radius 2 is 2.31 bits per heavy atom. The molecule has 0 saturated heterocycles. The second kappa shape index (κ2) is 6.29. The number of hydrogen-bond acceptors (Lipinski definition) is 6. The highest BCUT2D eigenvalue weighted by molar-refractivity contribution is 7.99. The number of nitrogens with one attached hydrogen (secondary N) is 1. The van der Waals surface area contributed by atoms with Crippen molar-refractivity contribution in [3.63, 3.8) is 0 Å². The molecule has 0 bridgehead atoms. The summed E-state index contributed by atoms with van der Waals surface area (Å²) in [6, 6.07) is 1.35. The number of methoxy groups -OCH3 is 2. The maximum atomic E-state index is 11.2. The molecule has 0 unspecified atom stereocenters. The van der Waals surface area contributed by atoms with Crippen molar-refractivity contribution in [1.82, 2.24) is 9.97 Å². The number of esters is 1. The molecule has 6 nitrogen and oxygen atoms in total. The lowest BCUT2D eigenvalue weighted by molar-refractivity contribution is -0.137. The highest BCUT2D eigenvalue weighted by Gasteiger charge is 2.05. The van der Waals surface area contributed by atoms with Crippen molar-refractivity contribution < 1.29 is 14.3 Å². The Balaban J connectivity index is 2.72. The minimum Gasteiger partial charge on any atom is -0.468 e. The average Bonchev–Trinajstić information content (AvgIpc) is 2.25. The normalized spacial score (nSPS) is 10.1. The molecule has 0 aliphatic rings. The van der Waals surface area contributed by atoms with Gasteiger partial charge in [0.1, 0.15) is 0 Å². The molecular formula is C9H12N2O4S. The molecule has 0 fully saturated rings. The molecule has 1 aromatic heterocycles. The summed E-state index contributed by atoms with van der Waals surface area (Å²) >= 11 is 1.11. The zero-order chi connectivity index (χ0) is 12.0. The van der Waals surface area contributed by atoms with E-state index in [0.29, 0.717) is 10.9 Å². The molecule has 1 N–H and O–H groups in total. The Morgan fingerprint density at radius 1 is 1.56 bits per heavy atom. The van der Waals surface area contributed by atoms with Crippen LogP contribution in [0.15, 0.2) is 16.0 Å². The number of rotatable bonds is 5. The lowest BCUT2D eigenvalue weighted by Crippen LogP contribution is -2.12. The van der Waals surface area contributed by atoms with Gasteiger partial charge in [-0.15, -0.1) is 0 Å². The van der Waals surface area contributed by atoms with Crippen LogP contribution in [0.1, 0.15) is 5.69 Å². The number of carbonyl (C=O) groups excluding carboxylic acids is 1. The number of nitrogens with zero attached hydrogens (tertiary/aromatic N) is 1. The summed E-state index contributed by atoms with van der Waals surface area (Å²) in [5.74, 6) is -0.264. The van der Waals surface area contributed by atoms with Gasteiger partial charge < -0.3 is 14.5 Å². The minimum absolute atomic E-state index is 0.107. The van der Waals surface area contributed by atoms with Crippen molar-refractivity contribution in [3.05, 3.63) is 22.1 Å². The number of hydrogen-bond donors (Lipinski definition) is 1. The summed E-state index contributed by atoms with van der Waals surface area (Å²) in [6.45, 7) is 0.260. The van der Waals surface area contributed by atoms with Crippen molar-refractivity contribution in [2.75, 3.05) is 20.0 Å². The predicted molar refractivity (Wildman–Crippen MR) is 58.3 cm³/mol. The van der Waals surface area contributed by atoms with Gasteiger partial charge in [-0.1, -0.05) is 11.8 Å². The maximum absolute atomic E-state index is 11.2. The topological polar surface area (TPSA) is 81.3 Å². The van der Waals surface area contributed by atoms with Gasteiger partial charge >= 0.3 is 5.97 Å². The molecule has 1 rings (SSSR count). The van der Waals surface area contributed by atoms with Crippen LogP contribution in [0.25, 0.3) is 0 Å². The molecule has 16 heavy (non-hydrogen) atoms. The quantitative estimate of drug-likeness (QED) is 0.452. The summed E-state index contributed by atoms with van der Waals surface area (Å²) in [7, 11) is 2.82. The van der Waals surface area contributed by atoms with E-state index < -0.39 is 0 Å². The maximum Gasteiger partial charge on any atom is 0.316 e. The fraction of sp³-hybridized carbons (Fsp3) is 0.444. The fourth-order valence-corrected chi connectivity index (χ4v) is 1.69.